The molecule has 0 radical (unpaired) electrons. The van der Waals surface area contributed by atoms with Crippen molar-refractivity contribution in [1.29, 1.82) is 0 Å². The highest BCUT2D eigenvalue weighted by molar-refractivity contribution is 7.89. The molecular weight excluding hydrogens is 272 g/mol. The lowest BCUT2D eigenvalue weighted by molar-refractivity contribution is 0.0563. The van der Waals surface area contributed by atoms with Gasteiger partial charge in [0.15, 0.2) is 0 Å². The highest BCUT2D eigenvalue weighted by Crippen LogP contribution is 2.20. The molecule has 0 atom stereocenters. The number of sulfonamides is 1. The van der Waals surface area contributed by atoms with E-state index < -0.39 is 16.0 Å². The summed E-state index contributed by atoms with van der Waals surface area (Å²) in [6.07, 6.45) is 1.39. The Morgan fingerprint density at radius 3 is 2.74 bits per heavy atom. The van der Waals surface area contributed by atoms with Gasteiger partial charge in [-0.2, -0.15) is 0 Å². The third kappa shape index (κ3) is 4.05. The number of methoxy groups -OCH3 is 1. The van der Waals surface area contributed by atoms with Gasteiger partial charge < -0.3 is 14.9 Å². The van der Waals surface area contributed by atoms with Crippen molar-refractivity contribution in [3.63, 3.8) is 0 Å². The van der Waals surface area contributed by atoms with E-state index in [9.17, 15) is 13.2 Å². The minimum atomic E-state index is -3.68. The number of unbranched alkanes of at least 4 members (excludes halogenated alkanes) is 1. The number of hydrogen-bond acceptors (Lipinski definition) is 6. The van der Waals surface area contributed by atoms with E-state index in [0.717, 1.165) is 12.5 Å². The topological polar surface area (TPSA) is 112 Å². The molecule has 7 nitrogen and oxygen atoms in total. The quantitative estimate of drug-likeness (QED) is 0.555. The predicted octanol–water partition coefficient (Wildman–Crippen LogP) is 0.392. The summed E-state index contributed by atoms with van der Waals surface area (Å²) in [5.74, 6) is -0.707. The van der Waals surface area contributed by atoms with Crippen LogP contribution in [-0.4, -0.2) is 34.6 Å². The van der Waals surface area contributed by atoms with Crippen LogP contribution in [0.3, 0.4) is 0 Å². The largest absolute Gasteiger partial charge is 0.463 e. The van der Waals surface area contributed by atoms with Crippen molar-refractivity contribution in [1.82, 2.24) is 4.72 Å². The lowest BCUT2D eigenvalue weighted by atomic mass is 10.3. The molecule has 0 aliphatic carbocycles. The van der Waals surface area contributed by atoms with Crippen LogP contribution in [-0.2, 0) is 14.8 Å². The van der Waals surface area contributed by atoms with Crippen LogP contribution in [0.5, 0.6) is 0 Å². The molecule has 1 rings (SSSR count). The zero-order chi connectivity index (χ0) is 14.5. The highest BCUT2D eigenvalue weighted by atomic mass is 32.2. The molecule has 8 heteroatoms. The lowest BCUT2D eigenvalue weighted by Gasteiger charge is -2.04. The third-order valence-corrected chi connectivity index (χ3v) is 4.04. The number of nitrogens with one attached hydrogen (secondary N) is 1. The first-order valence-electron chi connectivity index (χ1n) is 5.81. The molecule has 0 fully saturated rings. The molecule has 0 bridgehead atoms. The third-order valence-electron chi connectivity index (χ3n) is 2.47. The van der Waals surface area contributed by atoms with E-state index in [-0.39, 0.29) is 23.0 Å². The molecule has 0 saturated carbocycles. The van der Waals surface area contributed by atoms with Gasteiger partial charge in [-0.15, -0.1) is 0 Å². The monoisotopic (exact) mass is 290 g/mol. The normalized spacial score (nSPS) is 11.5. The standard InChI is InChI=1S/C11H18N2O5S/c1-8-10(7-9(18-8)11(14)17-2)19(15,16)13-6-4-3-5-12/h7,13H,3-6,12H2,1-2H3. The summed E-state index contributed by atoms with van der Waals surface area (Å²) < 4.78 is 35.9. The number of carbonyl (C=O) groups excluding carboxylic acids is 1. The SMILES string of the molecule is COC(=O)c1cc(S(=O)(=O)NCCCCN)c(C)o1. The first-order chi connectivity index (χ1) is 8.92. The fraction of sp³-hybridized carbons (Fsp3) is 0.545. The second-order valence-electron chi connectivity index (χ2n) is 3.92. The number of aryl methyl sites for hydroxylation is 1. The van der Waals surface area contributed by atoms with E-state index in [1.165, 1.54) is 14.0 Å². The Morgan fingerprint density at radius 1 is 1.47 bits per heavy atom. The second kappa shape index (κ2) is 6.69. The first kappa shape index (κ1) is 15.7. The molecule has 108 valence electrons. The molecule has 0 spiro atoms. The minimum Gasteiger partial charge on any atom is -0.463 e. The van der Waals surface area contributed by atoms with E-state index in [1.807, 2.05) is 0 Å². The van der Waals surface area contributed by atoms with Gasteiger partial charge in [0.1, 0.15) is 10.7 Å². The van der Waals surface area contributed by atoms with Crippen molar-refractivity contribution in [3.8, 4) is 0 Å². The summed E-state index contributed by atoms with van der Waals surface area (Å²) in [6, 6.07) is 1.16. The number of esters is 1. The van der Waals surface area contributed by atoms with Crippen LogP contribution in [0.25, 0.3) is 0 Å². The van der Waals surface area contributed by atoms with Crippen molar-refractivity contribution in [2.45, 2.75) is 24.7 Å². The van der Waals surface area contributed by atoms with Crippen LogP contribution >= 0.6 is 0 Å². The number of hydrogen-bond donors (Lipinski definition) is 2. The highest BCUT2D eigenvalue weighted by Gasteiger charge is 2.23. The Balaban J connectivity index is 2.83. The molecule has 0 unspecified atom stereocenters. The van der Waals surface area contributed by atoms with Gasteiger partial charge in [-0.1, -0.05) is 0 Å². The molecule has 19 heavy (non-hydrogen) atoms. The van der Waals surface area contributed by atoms with Crippen molar-refractivity contribution in [2.75, 3.05) is 20.2 Å². The van der Waals surface area contributed by atoms with Crippen molar-refractivity contribution in [3.05, 3.63) is 17.6 Å². The van der Waals surface area contributed by atoms with Crippen molar-refractivity contribution >= 4 is 16.0 Å². The van der Waals surface area contributed by atoms with Crippen molar-refractivity contribution in [2.24, 2.45) is 5.73 Å². The van der Waals surface area contributed by atoms with Crippen LogP contribution in [0.1, 0.15) is 29.2 Å². The average Bonchev–Trinajstić information content (AvgIpc) is 2.76. The van der Waals surface area contributed by atoms with Gasteiger partial charge in [0.2, 0.25) is 15.8 Å². The van der Waals surface area contributed by atoms with Gasteiger partial charge in [0.05, 0.1) is 7.11 Å². The van der Waals surface area contributed by atoms with E-state index in [4.69, 9.17) is 10.2 Å². The fourth-order valence-electron chi connectivity index (χ4n) is 1.49. The van der Waals surface area contributed by atoms with Gasteiger partial charge in [0.25, 0.3) is 0 Å². The van der Waals surface area contributed by atoms with Crippen LogP contribution in [0.2, 0.25) is 0 Å². The number of furan rings is 1. The van der Waals surface area contributed by atoms with Gasteiger partial charge in [-0.05, 0) is 26.3 Å². The van der Waals surface area contributed by atoms with Crippen LogP contribution in [0.15, 0.2) is 15.4 Å². The van der Waals surface area contributed by atoms with E-state index in [0.29, 0.717) is 13.0 Å². The van der Waals surface area contributed by atoms with Gasteiger partial charge in [-0.3, -0.25) is 0 Å². The van der Waals surface area contributed by atoms with E-state index in [2.05, 4.69) is 9.46 Å². The molecule has 0 saturated heterocycles. The number of carbonyl (C=O) groups is 1. The lowest BCUT2D eigenvalue weighted by Crippen LogP contribution is -2.25. The number of ether oxygens (including phenoxy) is 1. The summed E-state index contributed by atoms with van der Waals surface area (Å²) in [5, 5.41) is 0. The first-order valence-corrected chi connectivity index (χ1v) is 7.29. The Labute approximate surface area is 112 Å². The summed E-state index contributed by atoms with van der Waals surface area (Å²) in [6.45, 7) is 2.28. The molecule has 0 aliphatic heterocycles. The smallest absolute Gasteiger partial charge is 0.373 e. The minimum absolute atomic E-state index is 0.0550. The maximum absolute atomic E-state index is 12.0. The molecule has 1 aromatic heterocycles. The maximum atomic E-state index is 12.0. The summed E-state index contributed by atoms with van der Waals surface area (Å²) in [7, 11) is -2.49. The second-order valence-corrected chi connectivity index (χ2v) is 5.65. The van der Waals surface area contributed by atoms with Crippen LogP contribution in [0, 0.1) is 6.92 Å². The maximum Gasteiger partial charge on any atom is 0.373 e. The molecule has 1 aromatic rings. The molecule has 0 aromatic carbocycles. The van der Waals surface area contributed by atoms with Gasteiger partial charge >= 0.3 is 5.97 Å². The average molecular weight is 290 g/mol. The van der Waals surface area contributed by atoms with Crippen molar-refractivity contribution < 1.29 is 22.4 Å². The van der Waals surface area contributed by atoms with E-state index in [1.54, 1.807) is 0 Å². The molecule has 1 heterocycles. The van der Waals surface area contributed by atoms with Crippen LogP contribution < -0.4 is 10.5 Å². The summed E-state index contributed by atoms with van der Waals surface area (Å²) in [4.78, 5) is 11.2. The Kier molecular flexibility index (Phi) is 5.52. The molecule has 0 amide bonds. The zero-order valence-corrected chi connectivity index (χ0v) is 11.7. The van der Waals surface area contributed by atoms with E-state index >= 15 is 0 Å². The summed E-state index contributed by atoms with van der Waals surface area (Å²) in [5.41, 5.74) is 5.32. The van der Waals surface area contributed by atoms with Gasteiger partial charge in [-0.25, -0.2) is 17.9 Å². The zero-order valence-electron chi connectivity index (χ0n) is 10.9. The Morgan fingerprint density at radius 2 is 2.16 bits per heavy atom. The molecular formula is C11H18N2O5S. The Hall–Kier alpha value is -1.38. The molecule has 0 aliphatic rings. The number of nitrogens with two attached hydrogens (primary N) is 1. The Bertz CT molecular complexity index is 535. The predicted molar refractivity (Wildman–Crippen MR) is 68.3 cm³/mol. The summed E-state index contributed by atoms with van der Waals surface area (Å²) >= 11 is 0. The molecule has 3 N–H and O–H groups in total. The van der Waals surface area contributed by atoms with Crippen LogP contribution in [0.4, 0.5) is 0 Å². The van der Waals surface area contributed by atoms with Gasteiger partial charge in [0, 0.05) is 12.6 Å². The number of rotatable bonds is 7. The fourth-order valence-corrected chi connectivity index (χ4v) is 2.74.